The molecule has 0 fully saturated rings. The number of rotatable bonds is 5. The Bertz CT molecular complexity index is 782. The third-order valence-electron chi connectivity index (χ3n) is 2.79. The van der Waals surface area contributed by atoms with E-state index in [0.717, 1.165) is 6.07 Å². The fourth-order valence-corrected chi connectivity index (χ4v) is 2.20. The van der Waals surface area contributed by atoms with Crippen LogP contribution in [-0.2, 0) is 23.7 Å². The van der Waals surface area contributed by atoms with Gasteiger partial charge in [0.15, 0.2) is 0 Å². The first-order valence-electron chi connectivity index (χ1n) is 5.78. The van der Waals surface area contributed by atoms with Crippen molar-refractivity contribution in [3.8, 4) is 5.75 Å². The predicted octanol–water partition coefficient (Wildman–Crippen LogP) is 0.345. The van der Waals surface area contributed by atoms with Gasteiger partial charge in [-0.25, -0.2) is 23.3 Å². The van der Waals surface area contributed by atoms with E-state index in [0.29, 0.717) is 5.82 Å². The zero-order chi connectivity index (χ0) is 15.6. The molecule has 0 radical (unpaired) electrons. The molecule has 0 spiro atoms. The van der Waals surface area contributed by atoms with Gasteiger partial charge in [0, 0.05) is 19.4 Å². The van der Waals surface area contributed by atoms with Crippen molar-refractivity contribution in [3.63, 3.8) is 0 Å². The number of ether oxygens (including phenoxy) is 1. The molecule has 1 heterocycles. The number of carbonyl (C=O) groups is 1. The molecule has 0 aliphatic rings. The molecular weight excluding hydrogens is 298 g/mol. The number of primary sulfonamides is 1. The van der Waals surface area contributed by atoms with Crippen LogP contribution in [0, 0.1) is 0 Å². The van der Waals surface area contributed by atoms with Gasteiger partial charge in [0.1, 0.15) is 23.7 Å². The lowest BCUT2D eigenvalue weighted by molar-refractivity contribution is 0.0691. The maximum absolute atomic E-state index is 11.2. The Kier molecular flexibility index (Phi) is 3.96. The first kappa shape index (κ1) is 15.0. The number of aromatic nitrogens is 2. The van der Waals surface area contributed by atoms with Crippen molar-refractivity contribution >= 4 is 16.0 Å². The third kappa shape index (κ3) is 3.38. The summed E-state index contributed by atoms with van der Waals surface area (Å²) in [5, 5.41) is 14.1. The molecule has 1 aromatic heterocycles. The number of hydrogen-bond donors (Lipinski definition) is 2. The van der Waals surface area contributed by atoms with Gasteiger partial charge in [-0.2, -0.15) is 0 Å². The molecule has 0 aliphatic carbocycles. The molecule has 112 valence electrons. The Labute approximate surface area is 120 Å². The smallest absolute Gasteiger partial charge is 0.339 e. The molecule has 0 saturated carbocycles. The molecular formula is C12H13N3O5S. The van der Waals surface area contributed by atoms with Crippen LogP contribution in [0.4, 0.5) is 0 Å². The Morgan fingerprint density at radius 2 is 2.19 bits per heavy atom. The van der Waals surface area contributed by atoms with Crippen LogP contribution in [0.15, 0.2) is 35.5 Å². The monoisotopic (exact) mass is 311 g/mol. The number of benzene rings is 1. The number of sulfonamides is 1. The predicted molar refractivity (Wildman–Crippen MR) is 72.3 cm³/mol. The Morgan fingerprint density at radius 3 is 2.71 bits per heavy atom. The topological polar surface area (TPSA) is 125 Å². The highest BCUT2D eigenvalue weighted by atomic mass is 32.2. The number of carboxylic acids is 1. The third-order valence-corrected chi connectivity index (χ3v) is 3.70. The van der Waals surface area contributed by atoms with Crippen molar-refractivity contribution < 1.29 is 23.1 Å². The van der Waals surface area contributed by atoms with Gasteiger partial charge in [0.25, 0.3) is 0 Å². The average Bonchev–Trinajstić information content (AvgIpc) is 2.80. The summed E-state index contributed by atoms with van der Waals surface area (Å²) in [6.45, 7) is 0.0541. The maximum Gasteiger partial charge on any atom is 0.339 e. The molecule has 0 atom stereocenters. The van der Waals surface area contributed by atoms with Crippen molar-refractivity contribution in [2.75, 3.05) is 0 Å². The summed E-state index contributed by atoms with van der Waals surface area (Å²) in [6.07, 6.45) is 3.31. The van der Waals surface area contributed by atoms with E-state index < -0.39 is 16.0 Å². The first-order chi connectivity index (χ1) is 9.79. The molecule has 0 bridgehead atoms. The SMILES string of the molecule is Cn1ccnc1COc1ccc(S(N)(=O)=O)cc1C(=O)O. The Hall–Kier alpha value is -2.39. The molecule has 9 heteroatoms. The lowest BCUT2D eigenvalue weighted by Crippen LogP contribution is -2.14. The van der Waals surface area contributed by atoms with E-state index in [1.54, 1.807) is 24.0 Å². The molecule has 0 unspecified atom stereocenters. The molecule has 2 aromatic rings. The van der Waals surface area contributed by atoms with Crippen LogP contribution in [0.25, 0.3) is 0 Å². The minimum Gasteiger partial charge on any atom is -0.485 e. The highest BCUT2D eigenvalue weighted by Gasteiger charge is 2.17. The number of aryl methyl sites for hydroxylation is 1. The van der Waals surface area contributed by atoms with Crippen molar-refractivity contribution in [1.82, 2.24) is 9.55 Å². The normalized spacial score (nSPS) is 11.3. The van der Waals surface area contributed by atoms with Gasteiger partial charge in [0.2, 0.25) is 10.0 Å². The van der Waals surface area contributed by atoms with E-state index in [-0.39, 0.29) is 22.8 Å². The van der Waals surface area contributed by atoms with Crippen LogP contribution in [0.2, 0.25) is 0 Å². The van der Waals surface area contributed by atoms with Gasteiger partial charge in [-0.3, -0.25) is 0 Å². The summed E-state index contributed by atoms with van der Waals surface area (Å²) in [5.74, 6) is -0.671. The highest BCUT2D eigenvalue weighted by molar-refractivity contribution is 7.89. The molecule has 0 amide bonds. The van der Waals surface area contributed by atoms with Crippen LogP contribution in [0.5, 0.6) is 5.75 Å². The van der Waals surface area contributed by atoms with Crippen LogP contribution in [0.3, 0.4) is 0 Å². The summed E-state index contributed by atoms with van der Waals surface area (Å²) in [7, 11) is -2.20. The van der Waals surface area contributed by atoms with Gasteiger partial charge in [-0.15, -0.1) is 0 Å². The van der Waals surface area contributed by atoms with E-state index >= 15 is 0 Å². The first-order valence-corrected chi connectivity index (χ1v) is 7.33. The van der Waals surface area contributed by atoms with Crippen molar-refractivity contribution in [2.24, 2.45) is 12.2 Å². The highest BCUT2D eigenvalue weighted by Crippen LogP contribution is 2.23. The van der Waals surface area contributed by atoms with Gasteiger partial charge < -0.3 is 14.4 Å². The summed E-state index contributed by atoms with van der Waals surface area (Å²) in [6, 6.07) is 3.41. The summed E-state index contributed by atoms with van der Waals surface area (Å²) in [5.41, 5.74) is -0.282. The Balaban J connectivity index is 2.31. The van der Waals surface area contributed by atoms with E-state index in [1.807, 2.05) is 0 Å². The van der Waals surface area contributed by atoms with E-state index in [2.05, 4.69) is 4.98 Å². The molecule has 21 heavy (non-hydrogen) atoms. The van der Waals surface area contributed by atoms with Gasteiger partial charge in [0.05, 0.1) is 4.90 Å². The number of nitrogens with zero attached hydrogens (tertiary/aromatic N) is 2. The van der Waals surface area contributed by atoms with Crippen molar-refractivity contribution in [3.05, 3.63) is 42.0 Å². The second kappa shape index (κ2) is 5.54. The van der Waals surface area contributed by atoms with E-state index in [1.165, 1.54) is 12.1 Å². The molecule has 1 aromatic carbocycles. The number of aromatic carboxylic acids is 1. The van der Waals surface area contributed by atoms with E-state index in [4.69, 9.17) is 15.0 Å². The van der Waals surface area contributed by atoms with Crippen LogP contribution >= 0.6 is 0 Å². The number of carboxylic acid groups (broad SMARTS) is 1. The number of nitrogens with two attached hydrogens (primary N) is 1. The number of imidazole rings is 1. The lowest BCUT2D eigenvalue weighted by atomic mass is 10.2. The maximum atomic E-state index is 11.2. The van der Waals surface area contributed by atoms with Gasteiger partial charge in [-0.1, -0.05) is 0 Å². The second-order valence-electron chi connectivity index (χ2n) is 4.25. The molecule has 8 nitrogen and oxygen atoms in total. The van der Waals surface area contributed by atoms with Gasteiger partial charge >= 0.3 is 5.97 Å². The van der Waals surface area contributed by atoms with Crippen molar-refractivity contribution in [2.45, 2.75) is 11.5 Å². The fourth-order valence-electron chi connectivity index (χ4n) is 1.66. The summed E-state index contributed by atoms with van der Waals surface area (Å²) < 4.78 is 29.6. The number of hydrogen-bond acceptors (Lipinski definition) is 5. The van der Waals surface area contributed by atoms with E-state index in [9.17, 15) is 13.2 Å². The minimum absolute atomic E-state index is 0.0397. The minimum atomic E-state index is -3.98. The standard InChI is InChI=1S/C12H13N3O5S/c1-15-5-4-14-11(15)7-20-10-3-2-8(21(13,18)19)6-9(10)12(16)17/h2-6H,7H2,1H3,(H,16,17)(H2,13,18,19). The van der Waals surface area contributed by atoms with Crippen LogP contribution in [0.1, 0.15) is 16.2 Å². The molecule has 3 N–H and O–H groups in total. The molecule has 0 aliphatic heterocycles. The zero-order valence-electron chi connectivity index (χ0n) is 11.1. The van der Waals surface area contributed by atoms with Gasteiger partial charge in [-0.05, 0) is 18.2 Å². The second-order valence-corrected chi connectivity index (χ2v) is 5.81. The van der Waals surface area contributed by atoms with Crippen LogP contribution < -0.4 is 9.88 Å². The summed E-state index contributed by atoms with van der Waals surface area (Å²) in [4.78, 5) is 14.9. The average molecular weight is 311 g/mol. The van der Waals surface area contributed by atoms with Crippen LogP contribution in [-0.4, -0.2) is 29.0 Å². The van der Waals surface area contributed by atoms with Crippen molar-refractivity contribution in [1.29, 1.82) is 0 Å². The Morgan fingerprint density at radius 1 is 1.48 bits per heavy atom. The fraction of sp³-hybridized carbons (Fsp3) is 0.167. The molecule has 2 rings (SSSR count). The lowest BCUT2D eigenvalue weighted by Gasteiger charge is -2.10. The quantitative estimate of drug-likeness (QED) is 0.820. The zero-order valence-corrected chi connectivity index (χ0v) is 11.9. The molecule has 0 saturated heterocycles. The summed E-state index contributed by atoms with van der Waals surface area (Å²) >= 11 is 0. The largest absolute Gasteiger partial charge is 0.485 e.